The molecule has 0 spiro atoms. The van der Waals surface area contributed by atoms with Gasteiger partial charge in [0.1, 0.15) is 5.82 Å². The molecule has 1 rings (SSSR count). The summed E-state index contributed by atoms with van der Waals surface area (Å²) in [7, 11) is 0. The molecule has 1 aromatic rings. The number of nitrogens with one attached hydrogen (secondary N) is 1. The van der Waals surface area contributed by atoms with Crippen LogP contribution in [0.25, 0.3) is 0 Å². The average molecular weight is 180 g/mol. The Bertz CT molecular complexity index is 299. The van der Waals surface area contributed by atoms with E-state index < -0.39 is 6.09 Å². The van der Waals surface area contributed by atoms with Gasteiger partial charge >= 0.3 is 6.09 Å². The van der Waals surface area contributed by atoms with Crippen LogP contribution in [0.1, 0.15) is 12.6 Å². The lowest BCUT2D eigenvalue weighted by Crippen LogP contribution is -2.14. The number of pyridine rings is 1. The zero-order valence-electron chi connectivity index (χ0n) is 7.70. The molecule has 0 fully saturated rings. The first kappa shape index (κ1) is 9.51. The highest BCUT2D eigenvalue weighted by Gasteiger charge is 2.01. The van der Waals surface area contributed by atoms with Crippen LogP contribution in [0.4, 0.5) is 10.6 Å². The smallest absolute Gasteiger partial charge is 0.412 e. The summed E-state index contributed by atoms with van der Waals surface area (Å²) in [5.74, 6) is 0.512. The first-order valence-electron chi connectivity index (χ1n) is 4.10. The molecule has 0 bridgehead atoms. The molecule has 0 atom stereocenters. The largest absolute Gasteiger partial charge is 0.450 e. The van der Waals surface area contributed by atoms with Crippen molar-refractivity contribution >= 4 is 11.9 Å². The summed E-state index contributed by atoms with van der Waals surface area (Å²) in [5, 5.41) is 2.51. The van der Waals surface area contributed by atoms with Crippen molar-refractivity contribution in [1.29, 1.82) is 0 Å². The van der Waals surface area contributed by atoms with Gasteiger partial charge in [-0.2, -0.15) is 0 Å². The third-order valence-electron chi connectivity index (χ3n) is 1.39. The molecule has 0 aliphatic heterocycles. The topological polar surface area (TPSA) is 51.2 Å². The van der Waals surface area contributed by atoms with Crippen molar-refractivity contribution in [2.45, 2.75) is 13.8 Å². The second kappa shape index (κ2) is 4.45. The number of aromatic nitrogens is 1. The van der Waals surface area contributed by atoms with Crippen LogP contribution in [0.15, 0.2) is 18.2 Å². The minimum absolute atomic E-state index is 0.359. The lowest BCUT2D eigenvalue weighted by atomic mass is 10.4. The summed E-state index contributed by atoms with van der Waals surface area (Å²) >= 11 is 0. The normalized spacial score (nSPS) is 9.38. The SMILES string of the molecule is CCOC(=O)Nc1cccc(C)n1. The predicted octanol–water partition coefficient (Wildman–Crippen LogP) is 1.96. The summed E-state index contributed by atoms with van der Waals surface area (Å²) in [4.78, 5) is 15.0. The lowest BCUT2D eigenvalue weighted by molar-refractivity contribution is 0.168. The number of amides is 1. The van der Waals surface area contributed by atoms with Crippen LogP contribution in [0, 0.1) is 6.92 Å². The van der Waals surface area contributed by atoms with Crippen molar-refractivity contribution in [1.82, 2.24) is 4.98 Å². The fourth-order valence-electron chi connectivity index (χ4n) is 0.884. The molecule has 0 saturated carbocycles. The predicted molar refractivity (Wildman–Crippen MR) is 49.6 cm³/mol. The Balaban J connectivity index is 2.58. The molecular formula is C9H12N2O2. The molecule has 0 radical (unpaired) electrons. The molecule has 4 nitrogen and oxygen atoms in total. The fraction of sp³-hybridized carbons (Fsp3) is 0.333. The van der Waals surface area contributed by atoms with Gasteiger partial charge in [0.2, 0.25) is 0 Å². The van der Waals surface area contributed by atoms with Gasteiger partial charge in [0.15, 0.2) is 0 Å². The molecule has 0 aliphatic carbocycles. The minimum atomic E-state index is -0.472. The summed E-state index contributed by atoms with van der Waals surface area (Å²) in [6, 6.07) is 5.39. The quantitative estimate of drug-likeness (QED) is 0.756. The van der Waals surface area contributed by atoms with E-state index in [9.17, 15) is 4.79 Å². The molecule has 1 N–H and O–H groups in total. The van der Waals surface area contributed by atoms with Crippen molar-refractivity contribution in [3.8, 4) is 0 Å². The number of nitrogens with zero attached hydrogens (tertiary/aromatic N) is 1. The molecule has 0 aromatic carbocycles. The van der Waals surface area contributed by atoms with E-state index in [1.165, 1.54) is 0 Å². The van der Waals surface area contributed by atoms with Crippen LogP contribution < -0.4 is 5.32 Å². The number of hydrogen-bond donors (Lipinski definition) is 1. The monoisotopic (exact) mass is 180 g/mol. The Morgan fingerprint density at radius 1 is 1.62 bits per heavy atom. The van der Waals surface area contributed by atoms with Gasteiger partial charge in [0, 0.05) is 5.69 Å². The molecule has 70 valence electrons. The molecule has 4 heteroatoms. The van der Waals surface area contributed by atoms with Crippen LogP contribution in [-0.2, 0) is 4.74 Å². The van der Waals surface area contributed by atoms with E-state index >= 15 is 0 Å². The van der Waals surface area contributed by atoms with E-state index in [0.717, 1.165) is 5.69 Å². The maximum Gasteiger partial charge on any atom is 0.412 e. The van der Waals surface area contributed by atoms with Crippen LogP contribution >= 0.6 is 0 Å². The van der Waals surface area contributed by atoms with Gasteiger partial charge < -0.3 is 4.74 Å². The minimum Gasteiger partial charge on any atom is -0.450 e. The molecule has 0 unspecified atom stereocenters. The summed E-state index contributed by atoms with van der Waals surface area (Å²) in [6.07, 6.45) is -0.472. The summed E-state index contributed by atoms with van der Waals surface area (Å²) in [5.41, 5.74) is 0.856. The number of rotatable bonds is 2. The second-order valence-electron chi connectivity index (χ2n) is 2.51. The highest BCUT2D eigenvalue weighted by atomic mass is 16.5. The van der Waals surface area contributed by atoms with Gasteiger partial charge in [0.25, 0.3) is 0 Å². The molecule has 1 aromatic heterocycles. The van der Waals surface area contributed by atoms with Crippen molar-refractivity contribution in [3.05, 3.63) is 23.9 Å². The van der Waals surface area contributed by atoms with Gasteiger partial charge in [-0.15, -0.1) is 0 Å². The van der Waals surface area contributed by atoms with Gasteiger partial charge in [-0.05, 0) is 26.0 Å². The Kier molecular flexibility index (Phi) is 3.25. The number of carbonyl (C=O) groups excluding carboxylic acids is 1. The average Bonchev–Trinajstić information content (AvgIpc) is 2.04. The Labute approximate surface area is 76.9 Å². The van der Waals surface area contributed by atoms with Gasteiger partial charge in [-0.1, -0.05) is 6.07 Å². The maximum atomic E-state index is 11.0. The molecule has 1 amide bonds. The number of ether oxygens (including phenoxy) is 1. The first-order chi connectivity index (χ1) is 6.22. The first-order valence-corrected chi connectivity index (χ1v) is 4.10. The zero-order chi connectivity index (χ0) is 9.68. The fourth-order valence-corrected chi connectivity index (χ4v) is 0.884. The van der Waals surface area contributed by atoms with E-state index in [1.54, 1.807) is 13.0 Å². The molecule has 1 heterocycles. The lowest BCUT2D eigenvalue weighted by Gasteiger charge is -2.04. The van der Waals surface area contributed by atoms with E-state index in [2.05, 4.69) is 10.3 Å². The number of carbonyl (C=O) groups is 1. The van der Waals surface area contributed by atoms with Crippen molar-refractivity contribution in [2.75, 3.05) is 11.9 Å². The molecule has 0 saturated heterocycles. The molecular weight excluding hydrogens is 168 g/mol. The van der Waals surface area contributed by atoms with Gasteiger partial charge in [-0.25, -0.2) is 9.78 Å². The number of anilines is 1. The number of hydrogen-bond acceptors (Lipinski definition) is 3. The van der Waals surface area contributed by atoms with Gasteiger partial charge in [0.05, 0.1) is 6.61 Å². The molecule has 0 aliphatic rings. The van der Waals surface area contributed by atoms with Gasteiger partial charge in [-0.3, -0.25) is 5.32 Å². The standard InChI is InChI=1S/C9H12N2O2/c1-3-13-9(12)11-8-6-4-5-7(2)10-8/h4-6H,3H2,1-2H3,(H,10,11,12). The third-order valence-corrected chi connectivity index (χ3v) is 1.39. The highest BCUT2D eigenvalue weighted by Crippen LogP contribution is 2.03. The Morgan fingerprint density at radius 2 is 2.38 bits per heavy atom. The van der Waals surface area contributed by atoms with Crippen LogP contribution in [-0.4, -0.2) is 17.7 Å². The second-order valence-corrected chi connectivity index (χ2v) is 2.51. The Hall–Kier alpha value is -1.58. The van der Waals surface area contributed by atoms with E-state index in [-0.39, 0.29) is 0 Å². The van der Waals surface area contributed by atoms with E-state index in [0.29, 0.717) is 12.4 Å². The van der Waals surface area contributed by atoms with E-state index in [1.807, 2.05) is 19.1 Å². The van der Waals surface area contributed by atoms with Crippen LogP contribution in [0.3, 0.4) is 0 Å². The highest BCUT2D eigenvalue weighted by molar-refractivity contribution is 5.83. The summed E-state index contributed by atoms with van der Waals surface area (Å²) < 4.78 is 4.70. The summed E-state index contributed by atoms with van der Waals surface area (Å²) in [6.45, 7) is 3.97. The van der Waals surface area contributed by atoms with E-state index in [4.69, 9.17) is 4.74 Å². The Morgan fingerprint density at radius 3 is 3.00 bits per heavy atom. The van der Waals surface area contributed by atoms with Crippen LogP contribution in [0.2, 0.25) is 0 Å². The number of aryl methyl sites for hydroxylation is 1. The van der Waals surface area contributed by atoms with Crippen molar-refractivity contribution < 1.29 is 9.53 Å². The third kappa shape index (κ3) is 3.11. The van der Waals surface area contributed by atoms with Crippen molar-refractivity contribution in [3.63, 3.8) is 0 Å². The molecule has 13 heavy (non-hydrogen) atoms. The van der Waals surface area contributed by atoms with Crippen LogP contribution in [0.5, 0.6) is 0 Å². The zero-order valence-corrected chi connectivity index (χ0v) is 7.70. The van der Waals surface area contributed by atoms with Crippen molar-refractivity contribution in [2.24, 2.45) is 0 Å². The maximum absolute atomic E-state index is 11.0.